The minimum absolute atomic E-state index is 0.0562. The molecule has 30 heavy (non-hydrogen) atoms. The molecule has 0 aliphatic carbocycles. The molecule has 0 aromatic heterocycles. The van der Waals surface area contributed by atoms with Crippen LogP contribution in [0.15, 0.2) is 30.3 Å². The molecule has 2 heterocycles. The molecule has 1 aromatic carbocycles. The minimum atomic E-state index is -3.80. The van der Waals surface area contributed by atoms with E-state index >= 15 is 0 Å². The van der Waals surface area contributed by atoms with Crippen LogP contribution in [-0.2, 0) is 30.1 Å². The smallest absolute Gasteiger partial charge is 0.240 e. The highest BCUT2D eigenvalue weighted by Gasteiger charge is 2.33. The lowest BCUT2D eigenvalue weighted by molar-refractivity contribution is -0.136. The van der Waals surface area contributed by atoms with Crippen molar-refractivity contribution in [3.8, 4) is 0 Å². The molecule has 2 saturated heterocycles. The molecular weight excluding hydrogens is 410 g/mol. The standard InChI is InChI=1S/C20H29N3O6S/c24-17-8-9-23(14-17)20(26)18(6-7-19(25)22-10-12-29-13-11-22)21-30(27,28)15-16-4-2-1-3-5-16/h1-5,17-18,21,24H,6-15H2/t17-,18+/m0/s1. The molecule has 9 nitrogen and oxygen atoms in total. The molecule has 2 atom stereocenters. The monoisotopic (exact) mass is 439 g/mol. The normalized spacial score (nSPS) is 20.9. The largest absolute Gasteiger partial charge is 0.391 e. The number of rotatable bonds is 8. The van der Waals surface area contributed by atoms with Crippen LogP contribution in [-0.4, -0.2) is 86.7 Å². The number of ether oxygens (including phenoxy) is 1. The van der Waals surface area contributed by atoms with Crippen molar-refractivity contribution < 1.29 is 27.9 Å². The van der Waals surface area contributed by atoms with E-state index in [2.05, 4.69) is 4.72 Å². The molecule has 2 amide bonds. The Kier molecular flexibility index (Phi) is 7.81. The summed E-state index contributed by atoms with van der Waals surface area (Å²) in [6.45, 7) is 2.49. The number of sulfonamides is 1. The van der Waals surface area contributed by atoms with Gasteiger partial charge in [-0.2, -0.15) is 0 Å². The van der Waals surface area contributed by atoms with Gasteiger partial charge in [-0.15, -0.1) is 0 Å². The number of benzene rings is 1. The van der Waals surface area contributed by atoms with Crippen LogP contribution in [0.25, 0.3) is 0 Å². The Balaban J connectivity index is 1.66. The fourth-order valence-electron chi connectivity index (χ4n) is 3.69. The molecule has 0 radical (unpaired) electrons. The molecule has 166 valence electrons. The van der Waals surface area contributed by atoms with Crippen molar-refractivity contribution >= 4 is 21.8 Å². The highest BCUT2D eigenvalue weighted by molar-refractivity contribution is 7.88. The van der Waals surface area contributed by atoms with Gasteiger partial charge < -0.3 is 19.6 Å². The zero-order chi connectivity index (χ0) is 21.6. The number of hydrogen-bond acceptors (Lipinski definition) is 6. The predicted molar refractivity (Wildman–Crippen MR) is 110 cm³/mol. The SMILES string of the molecule is O=C(CC[C@@H](NS(=O)(=O)Cc1ccccc1)C(=O)N1CC[C@H](O)C1)N1CCOCC1. The first-order valence-corrected chi connectivity index (χ1v) is 11.9. The molecule has 2 fully saturated rings. The van der Waals surface area contributed by atoms with Crippen LogP contribution in [0.3, 0.4) is 0 Å². The Morgan fingerprint density at radius 2 is 1.83 bits per heavy atom. The summed E-state index contributed by atoms with van der Waals surface area (Å²) in [5.41, 5.74) is 0.609. The van der Waals surface area contributed by atoms with Crippen LogP contribution in [0, 0.1) is 0 Å². The molecule has 0 saturated carbocycles. The van der Waals surface area contributed by atoms with E-state index in [0.717, 1.165) is 0 Å². The number of carbonyl (C=O) groups excluding carboxylic acids is 2. The van der Waals surface area contributed by atoms with E-state index in [-0.39, 0.29) is 31.0 Å². The van der Waals surface area contributed by atoms with E-state index in [1.54, 1.807) is 35.2 Å². The van der Waals surface area contributed by atoms with Gasteiger partial charge in [-0.1, -0.05) is 30.3 Å². The van der Waals surface area contributed by atoms with Gasteiger partial charge in [0.1, 0.15) is 6.04 Å². The molecule has 2 aliphatic rings. The molecule has 10 heteroatoms. The summed E-state index contributed by atoms with van der Waals surface area (Å²) in [5.74, 6) is -0.782. The Morgan fingerprint density at radius 1 is 1.13 bits per heavy atom. The number of β-amino-alcohol motifs (C(OH)–C–C–N with tert-alkyl or cyclic N) is 1. The van der Waals surface area contributed by atoms with Crippen molar-refractivity contribution in [1.82, 2.24) is 14.5 Å². The molecule has 2 aliphatic heterocycles. The predicted octanol–water partition coefficient (Wildman–Crippen LogP) is -0.293. The van der Waals surface area contributed by atoms with Crippen molar-refractivity contribution in [2.45, 2.75) is 37.2 Å². The maximum atomic E-state index is 13.0. The van der Waals surface area contributed by atoms with Crippen LogP contribution in [0.2, 0.25) is 0 Å². The Bertz CT molecular complexity index is 826. The van der Waals surface area contributed by atoms with Crippen molar-refractivity contribution in [2.24, 2.45) is 0 Å². The summed E-state index contributed by atoms with van der Waals surface area (Å²) < 4.78 is 33.1. The van der Waals surface area contributed by atoms with E-state index in [4.69, 9.17) is 4.74 Å². The fourth-order valence-corrected chi connectivity index (χ4v) is 5.05. The van der Waals surface area contributed by atoms with E-state index in [0.29, 0.717) is 44.8 Å². The molecule has 0 bridgehead atoms. The van der Waals surface area contributed by atoms with Crippen LogP contribution >= 0.6 is 0 Å². The lowest BCUT2D eigenvalue weighted by Crippen LogP contribution is -2.49. The number of aliphatic hydroxyl groups is 1. The molecule has 0 unspecified atom stereocenters. The first kappa shape index (κ1) is 22.7. The van der Waals surface area contributed by atoms with Crippen molar-refractivity contribution in [3.05, 3.63) is 35.9 Å². The van der Waals surface area contributed by atoms with Crippen LogP contribution in [0.5, 0.6) is 0 Å². The van der Waals surface area contributed by atoms with Crippen molar-refractivity contribution in [2.75, 3.05) is 39.4 Å². The molecule has 1 aromatic rings. The summed E-state index contributed by atoms with van der Waals surface area (Å²) in [6, 6.07) is 7.66. The summed E-state index contributed by atoms with van der Waals surface area (Å²) in [4.78, 5) is 28.6. The van der Waals surface area contributed by atoms with Crippen LogP contribution in [0.4, 0.5) is 0 Å². The van der Waals surface area contributed by atoms with E-state index < -0.39 is 28.1 Å². The van der Waals surface area contributed by atoms with Gasteiger partial charge >= 0.3 is 0 Å². The van der Waals surface area contributed by atoms with Gasteiger partial charge in [0.25, 0.3) is 0 Å². The summed E-state index contributed by atoms with van der Waals surface area (Å²) in [6.07, 6.45) is -0.0244. The number of nitrogens with one attached hydrogen (secondary N) is 1. The Labute approximate surface area is 177 Å². The van der Waals surface area contributed by atoms with E-state index in [1.165, 1.54) is 4.90 Å². The van der Waals surface area contributed by atoms with Gasteiger partial charge in [-0.25, -0.2) is 13.1 Å². The molecular formula is C20H29N3O6S. The quantitative estimate of drug-likeness (QED) is 0.575. The third-order valence-corrected chi connectivity index (χ3v) is 6.66. The van der Waals surface area contributed by atoms with Crippen molar-refractivity contribution in [3.63, 3.8) is 0 Å². The first-order chi connectivity index (χ1) is 14.3. The number of likely N-dealkylation sites (tertiary alicyclic amines) is 1. The maximum absolute atomic E-state index is 13.0. The van der Waals surface area contributed by atoms with Crippen LogP contribution < -0.4 is 4.72 Å². The van der Waals surface area contributed by atoms with Gasteiger partial charge in [0, 0.05) is 32.6 Å². The lowest BCUT2D eigenvalue weighted by Gasteiger charge is -2.28. The highest BCUT2D eigenvalue weighted by atomic mass is 32.2. The zero-order valence-electron chi connectivity index (χ0n) is 16.9. The van der Waals surface area contributed by atoms with Gasteiger partial charge in [0.05, 0.1) is 25.1 Å². The van der Waals surface area contributed by atoms with Gasteiger partial charge in [0.2, 0.25) is 21.8 Å². The molecule has 3 rings (SSSR count). The third kappa shape index (κ3) is 6.49. The number of hydrogen-bond donors (Lipinski definition) is 2. The maximum Gasteiger partial charge on any atom is 0.240 e. The molecule has 0 spiro atoms. The summed E-state index contributed by atoms with van der Waals surface area (Å²) in [5, 5.41) is 9.74. The van der Waals surface area contributed by atoms with Crippen LogP contribution in [0.1, 0.15) is 24.8 Å². The lowest BCUT2D eigenvalue weighted by atomic mass is 10.1. The fraction of sp³-hybridized carbons (Fsp3) is 0.600. The number of nitrogens with zero attached hydrogens (tertiary/aromatic N) is 2. The second kappa shape index (κ2) is 10.3. The number of morpholine rings is 1. The Hall–Kier alpha value is -2.01. The number of amides is 2. The number of carbonyl (C=O) groups is 2. The van der Waals surface area contributed by atoms with Gasteiger partial charge in [0.15, 0.2) is 0 Å². The summed E-state index contributed by atoms with van der Waals surface area (Å²) in [7, 11) is -3.80. The average molecular weight is 440 g/mol. The zero-order valence-corrected chi connectivity index (χ0v) is 17.7. The third-order valence-electron chi connectivity index (χ3n) is 5.31. The summed E-state index contributed by atoms with van der Waals surface area (Å²) >= 11 is 0. The molecule has 2 N–H and O–H groups in total. The number of aliphatic hydroxyl groups excluding tert-OH is 1. The van der Waals surface area contributed by atoms with Gasteiger partial charge in [-0.3, -0.25) is 9.59 Å². The topological polar surface area (TPSA) is 116 Å². The second-order valence-electron chi connectivity index (χ2n) is 7.67. The van der Waals surface area contributed by atoms with E-state index in [1.807, 2.05) is 0 Å². The van der Waals surface area contributed by atoms with Gasteiger partial charge in [-0.05, 0) is 18.4 Å². The Morgan fingerprint density at radius 3 is 2.47 bits per heavy atom. The second-order valence-corrected chi connectivity index (χ2v) is 9.43. The minimum Gasteiger partial charge on any atom is -0.391 e. The van der Waals surface area contributed by atoms with Crippen molar-refractivity contribution in [1.29, 1.82) is 0 Å². The highest BCUT2D eigenvalue weighted by Crippen LogP contribution is 2.15. The average Bonchev–Trinajstić information content (AvgIpc) is 3.17. The first-order valence-electron chi connectivity index (χ1n) is 10.2. The van der Waals surface area contributed by atoms with E-state index in [9.17, 15) is 23.1 Å².